The molecular formula is C10H15FN2. The van der Waals surface area contributed by atoms with E-state index in [9.17, 15) is 4.39 Å². The maximum Gasteiger partial charge on any atom is 0.215 e. The Morgan fingerprint density at radius 3 is 2.46 bits per heavy atom. The molecular weight excluding hydrogens is 167 g/mol. The Balaban J connectivity index is 2.86. The molecule has 0 aliphatic rings. The van der Waals surface area contributed by atoms with E-state index in [0.717, 1.165) is 5.69 Å². The molecule has 0 amide bonds. The normalized spacial score (nSPS) is 11.5. The molecule has 0 bridgehead atoms. The van der Waals surface area contributed by atoms with Crippen molar-refractivity contribution in [3.8, 4) is 0 Å². The highest BCUT2D eigenvalue weighted by molar-refractivity contribution is 5.44. The third-order valence-corrected chi connectivity index (χ3v) is 1.53. The molecule has 3 heteroatoms. The van der Waals surface area contributed by atoms with Crippen molar-refractivity contribution in [2.75, 3.05) is 5.32 Å². The van der Waals surface area contributed by atoms with Crippen LogP contribution in [-0.2, 0) is 0 Å². The monoisotopic (exact) mass is 182 g/mol. The second-order valence-electron chi connectivity index (χ2n) is 4.21. The smallest absolute Gasteiger partial charge is 0.215 e. The summed E-state index contributed by atoms with van der Waals surface area (Å²) in [5.41, 5.74) is 1.40. The van der Waals surface area contributed by atoms with E-state index < -0.39 is 5.95 Å². The van der Waals surface area contributed by atoms with Crippen molar-refractivity contribution in [1.29, 1.82) is 0 Å². The molecule has 2 nitrogen and oxygen atoms in total. The van der Waals surface area contributed by atoms with E-state index in [0.29, 0.717) is 5.56 Å². The van der Waals surface area contributed by atoms with Gasteiger partial charge in [0.2, 0.25) is 5.95 Å². The van der Waals surface area contributed by atoms with Gasteiger partial charge in [-0.3, -0.25) is 0 Å². The van der Waals surface area contributed by atoms with E-state index in [2.05, 4.69) is 10.3 Å². The van der Waals surface area contributed by atoms with Crippen LogP contribution in [-0.4, -0.2) is 10.5 Å². The second kappa shape index (κ2) is 3.32. The van der Waals surface area contributed by atoms with E-state index in [1.54, 1.807) is 13.0 Å². The topological polar surface area (TPSA) is 24.9 Å². The Labute approximate surface area is 78.2 Å². The first-order valence-corrected chi connectivity index (χ1v) is 4.29. The lowest BCUT2D eigenvalue weighted by Crippen LogP contribution is -2.26. The quantitative estimate of drug-likeness (QED) is 0.675. The van der Waals surface area contributed by atoms with E-state index in [1.165, 1.54) is 6.20 Å². The zero-order valence-electron chi connectivity index (χ0n) is 8.48. The molecule has 0 aliphatic heterocycles. The highest BCUT2D eigenvalue weighted by Crippen LogP contribution is 2.15. The third kappa shape index (κ3) is 3.01. The molecule has 0 aromatic carbocycles. The minimum Gasteiger partial charge on any atom is -0.379 e. The predicted octanol–water partition coefficient (Wildman–Crippen LogP) is 2.74. The molecule has 0 saturated heterocycles. The number of nitrogens with one attached hydrogen (secondary N) is 1. The molecule has 0 fully saturated rings. The molecule has 0 saturated carbocycles. The second-order valence-corrected chi connectivity index (χ2v) is 4.21. The van der Waals surface area contributed by atoms with Crippen LogP contribution in [0.3, 0.4) is 0 Å². The summed E-state index contributed by atoms with van der Waals surface area (Å²) in [5, 5.41) is 3.22. The summed E-state index contributed by atoms with van der Waals surface area (Å²) in [6.45, 7) is 7.85. The van der Waals surface area contributed by atoms with Crippen LogP contribution in [0.15, 0.2) is 12.3 Å². The van der Waals surface area contributed by atoms with Crippen molar-refractivity contribution >= 4 is 5.69 Å². The molecule has 13 heavy (non-hydrogen) atoms. The minimum absolute atomic E-state index is 0.0219. The average Bonchev–Trinajstić information content (AvgIpc) is 1.94. The van der Waals surface area contributed by atoms with E-state index in [-0.39, 0.29) is 5.54 Å². The number of hydrogen-bond donors (Lipinski definition) is 1. The van der Waals surface area contributed by atoms with Crippen molar-refractivity contribution in [2.24, 2.45) is 0 Å². The Morgan fingerprint density at radius 1 is 1.38 bits per heavy atom. The summed E-state index contributed by atoms with van der Waals surface area (Å²) < 4.78 is 12.8. The van der Waals surface area contributed by atoms with Crippen molar-refractivity contribution in [3.63, 3.8) is 0 Å². The Bertz CT molecular complexity index is 302. The lowest BCUT2D eigenvalue weighted by molar-refractivity contribution is 0.573. The van der Waals surface area contributed by atoms with E-state index >= 15 is 0 Å². The zero-order valence-corrected chi connectivity index (χ0v) is 8.48. The summed E-state index contributed by atoms with van der Waals surface area (Å²) in [7, 11) is 0. The first kappa shape index (κ1) is 9.96. The third-order valence-electron chi connectivity index (χ3n) is 1.53. The van der Waals surface area contributed by atoms with Crippen molar-refractivity contribution in [3.05, 3.63) is 23.8 Å². The van der Waals surface area contributed by atoms with Gasteiger partial charge in [-0.15, -0.1) is 0 Å². The molecule has 1 aromatic rings. The first-order chi connectivity index (χ1) is 5.88. The summed E-state index contributed by atoms with van der Waals surface area (Å²) in [6, 6.07) is 1.76. The molecule has 1 N–H and O–H groups in total. The Hall–Kier alpha value is -1.12. The van der Waals surface area contributed by atoms with Gasteiger partial charge < -0.3 is 5.32 Å². The van der Waals surface area contributed by atoms with Crippen LogP contribution in [0, 0.1) is 12.9 Å². The van der Waals surface area contributed by atoms with Crippen LogP contribution in [0.4, 0.5) is 10.1 Å². The Kier molecular flexibility index (Phi) is 2.55. The van der Waals surface area contributed by atoms with Crippen molar-refractivity contribution < 1.29 is 4.39 Å². The lowest BCUT2D eigenvalue weighted by Gasteiger charge is -2.21. The van der Waals surface area contributed by atoms with Gasteiger partial charge in [0, 0.05) is 11.1 Å². The van der Waals surface area contributed by atoms with Gasteiger partial charge in [0.15, 0.2) is 0 Å². The first-order valence-electron chi connectivity index (χ1n) is 4.29. The molecule has 1 rings (SSSR count). The van der Waals surface area contributed by atoms with Gasteiger partial charge in [0.05, 0.1) is 11.9 Å². The standard InChI is InChI=1S/C10H15FN2/c1-7-5-8(6-12-9(7)11)13-10(2,3)4/h5-6,13H,1-4H3. The number of aromatic nitrogens is 1. The predicted molar refractivity (Wildman–Crippen MR) is 52.3 cm³/mol. The van der Waals surface area contributed by atoms with Gasteiger partial charge in [-0.1, -0.05) is 0 Å². The van der Waals surface area contributed by atoms with Gasteiger partial charge in [-0.05, 0) is 33.8 Å². The van der Waals surface area contributed by atoms with Gasteiger partial charge in [0.25, 0.3) is 0 Å². The van der Waals surface area contributed by atoms with Crippen LogP contribution >= 0.6 is 0 Å². The Morgan fingerprint density at radius 2 is 2.00 bits per heavy atom. The molecule has 0 unspecified atom stereocenters. The zero-order chi connectivity index (χ0) is 10.1. The van der Waals surface area contributed by atoms with Crippen LogP contribution in [0.1, 0.15) is 26.3 Å². The summed E-state index contributed by atoms with van der Waals surface area (Å²) in [5.74, 6) is -0.403. The minimum atomic E-state index is -0.403. The fraction of sp³-hybridized carbons (Fsp3) is 0.500. The van der Waals surface area contributed by atoms with E-state index in [4.69, 9.17) is 0 Å². The SMILES string of the molecule is Cc1cc(NC(C)(C)C)cnc1F. The van der Waals surface area contributed by atoms with E-state index in [1.807, 2.05) is 20.8 Å². The summed E-state index contributed by atoms with van der Waals surface area (Å²) in [4.78, 5) is 3.63. The number of halogens is 1. The summed E-state index contributed by atoms with van der Waals surface area (Å²) in [6.07, 6.45) is 1.51. The van der Waals surface area contributed by atoms with Gasteiger partial charge >= 0.3 is 0 Å². The largest absolute Gasteiger partial charge is 0.379 e. The fourth-order valence-electron chi connectivity index (χ4n) is 1.06. The lowest BCUT2D eigenvalue weighted by atomic mass is 10.1. The summed E-state index contributed by atoms with van der Waals surface area (Å²) >= 11 is 0. The number of hydrogen-bond acceptors (Lipinski definition) is 2. The van der Waals surface area contributed by atoms with Crippen LogP contribution < -0.4 is 5.32 Å². The van der Waals surface area contributed by atoms with Crippen LogP contribution in [0.25, 0.3) is 0 Å². The molecule has 0 radical (unpaired) electrons. The van der Waals surface area contributed by atoms with Gasteiger partial charge in [-0.25, -0.2) is 4.98 Å². The number of aryl methyl sites for hydroxylation is 1. The number of anilines is 1. The number of nitrogens with zero attached hydrogens (tertiary/aromatic N) is 1. The van der Waals surface area contributed by atoms with Crippen LogP contribution in [0.5, 0.6) is 0 Å². The van der Waals surface area contributed by atoms with Crippen LogP contribution in [0.2, 0.25) is 0 Å². The molecule has 0 spiro atoms. The maximum absolute atomic E-state index is 12.8. The molecule has 0 aliphatic carbocycles. The van der Waals surface area contributed by atoms with Gasteiger partial charge in [-0.2, -0.15) is 4.39 Å². The fourth-order valence-corrected chi connectivity index (χ4v) is 1.06. The highest BCUT2D eigenvalue weighted by atomic mass is 19.1. The molecule has 0 atom stereocenters. The molecule has 1 aromatic heterocycles. The van der Waals surface area contributed by atoms with Crippen molar-refractivity contribution in [2.45, 2.75) is 33.2 Å². The number of rotatable bonds is 1. The molecule has 1 heterocycles. The number of pyridine rings is 1. The highest BCUT2D eigenvalue weighted by Gasteiger charge is 2.10. The average molecular weight is 182 g/mol. The maximum atomic E-state index is 12.8. The molecule has 72 valence electrons. The van der Waals surface area contributed by atoms with Crippen molar-refractivity contribution in [1.82, 2.24) is 4.98 Å². The van der Waals surface area contributed by atoms with Gasteiger partial charge in [0.1, 0.15) is 0 Å².